The van der Waals surface area contributed by atoms with E-state index in [1.165, 1.54) is 128 Å². The Kier molecular flexibility index (Phi) is 55.9. The Morgan fingerprint density at radius 3 is 0.915 bits per heavy atom. The molecule has 0 aliphatic rings. The maximum Gasteiger partial charge on any atom is 0.306 e. The molecule has 6 heteroatoms. The zero-order chi connectivity index (χ0) is 51.4. The van der Waals surface area contributed by atoms with E-state index in [0.29, 0.717) is 19.3 Å². The van der Waals surface area contributed by atoms with E-state index >= 15 is 0 Å². The Balaban J connectivity index is 4.46. The van der Waals surface area contributed by atoms with Gasteiger partial charge in [0.2, 0.25) is 0 Å². The van der Waals surface area contributed by atoms with Crippen molar-refractivity contribution >= 4 is 17.9 Å². The summed E-state index contributed by atoms with van der Waals surface area (Å²) in [4.78, 5) is 38.2. The van der Waals surface area contributed by atoms with E-state index < -0.39 is 6.10 Å². The lowest BCUT2D eigenvalue weighted by Crippen LogP contribution is -2.30. The van der Waals surface area contributed by atoms with Crippen LogP contribution in [0, 0.1) is 0 Å². The maximum atomic E-state index is 12.9. The Morgan fingerprint density at radius 1 is 0.296 bits per heavy atom. The van der Waals surface area contributed by atoms with E-state index in [4.69, 9.17) is 14.2 Å². The van der Waals surface area contributed by atoms with Crippen molar-refractivity contribution in [2.24, 2.45) is 0 Å². The minimum atomic E-state index is -0.799. The molecule has 0 aromatic heterocycles. The molecule has 0 spiro atoms. The van der Waals surface area contributed by atoms with Crippen LogP contribution in [0.1, 0.15) is 278 Å². The highest BCUT2D eigenvalue weighted by molar-refractivity contribution is 5.71. The van der Waals surface area contributed by atoms with Gasteiger partial charge in [0.15, 0.2) is 6.10 Å². The van der Waals surface area contributed by atoms with E-state index in [-0.39, 0.29) is 31.1 Å². The second-order valence-electron chi connectivity index (χ2n) is 19.5. The van der Waals surface area contributed by atoms with E-state index in [1.54, 1.807) is 0 Å². The fourth-order valence-corrected chi connectivity index (χ4v) is 8.08. The summed E-state index contributed by atoms with van der Waals surface area (Å²) in [6.45, 7) is 6.47. The van der Waals surface area contributed by atoms with Gasteiger partial charge in [0.05, 0.1) is 0 Å². The molecule has 0 aliphatic carbocycles. The molecule has 0 unspecified atom stereocenters. The van der Waals surface area contributed by atoms with Crippen LogP contribution in [-0.2, 0) is 28.6 Å². The number of esters is 3. The second-order valence-corrected chi connectivity index (χ2v) is 19.5. The van der Waals surface area contributed by atoms with Crippen LogP contribution in [0.2, 0.25) is 0 Å². The van der Waals surface area contributed by atoms with Crippen LogP contribution in [-0.4, -0.2) is 37.2 Å². The zero-order valence-corrected chi connectivity index (χ0v) is 46.5. The molecular formula is C65H110O6. The molecule has 0 N–H and O–H groups in total. The maximum absolute atomic E-state index is 12.9. The van der Waals surface area contributed by atoms with Gasteiger partial charge in [0.25, 0.3) is 0 Å². The third kappa shape index (κ3) is 57.1. The van der Waals surface area contributed by atoms with Gasteiger partial charge in [0, 0.05) is 19.3 Å². The largest absolute Gasteiger partial charge is 0.462 e. The van der Waals surface area contributed by atoms with Crippen molar-refractivity contribution in [2.45, 2.75) is 284 Å². The highest BCUT2D eigenvalue weighted by atomic mass is 16.6. The monoisotopic (exact) mass is 987 g/mol. The smallest absolute Gasteiger partial charge is 0.306 e. The highest BCUT2D eigenvalue weighted by Crippen LogP contribution is 2.15. The van der Waals surface area contributed by atoms with Gasteiger partial charge < -0.3 is 14.2 Å². The van der Waals surface area contributed by atoms with Gasteiger partial charge in [-0.3, -0.25) is 14.4 Å². The molecule has 0 rings (SSSR count). The summed E-state index contributed by atoms with van der Waals surface area (Å²) in [7, 11) is 0. The predicted octanol–water partition coefficient (Wildman–Crippen LogP) is 20.1. The number of carbonyl (C=O) groups is 3. The quantitative estimate of drug-likeness (QED) is 0.0261. The van der Waals surface area contributed by atoms with Crippen molar-refractivity contribution in [3.63, 3.8) is 0 Å². The van der Waals surface area contributed by atoms with Crippen molar-refractivity contribution in [1.29, 1.82) is 0 Å². The van der Waals surface area contributed by atoms with E-state index in [0.717, 1.165) is 109 Å². The molecule has 0 bridgehead atoms. The van der Waals surface area contributed by atoms with Crippen molar-refractivity contribution in [1.82, 2.24) is 0 Å². The second kappa shape index (κ2) is 58.9. The molecule has 406 valence electrons. The average molecular weight is 988 g/mol. The number of unbranched alkanes of at least 4 members (excludes halogenated alkanes) is 26. The van der Waals surface area contributed by atoms with E-state index in [9.17, 15) is 14.4 Å². The van der Waals surface area contributed by atoms with Crippen molar-refractivity contribution < 1.29 is 28.6 Å². The average Bonchev–Trinajstić information content (AvgIpc) is 3.37. The minimum Gasteiger partial charge on any atom is -0.462 e. The van der Waals surface area contributed by atoms with Crippen LogP contribution in [0.5, 0.6) is 0 Å². The van der Waals surface area contributed by atoms with Gasteiger partial charge in [-0.15, -0.1) is 0 Å². The molecule has 6 nitrogen and oxygen atoms in total. The molecule has 0 fully saturated rings. The summed E-state index contributed by atoms with van der Waals surface area (Å²) < 4.78 is 16.9. The molecule has 0 saturated heterocycles. The third-order valence-corrected chi connectivity index (χ3v) is 12.5. The summed E-state index contributed by atoms with van der Waals surface area (Å²) >= 11 is 0. The molecule has 0 amide bonds. The number of carbonyl (C=O) groups excluding carboxylic acids is 3. The highest BCUT2D eigenvalue weighted by Gasteiger charge is 2.19. The summed E-state index contributed by atoms with van der Waals surface area (Å²) in [5.74, 6) is -0.934. The minimum absolute atomic E-state index is 0.0942. The molecule has 0 aliphatic heterocycles. The predicted molar refractivity (Wildman–Crippen MR) is 307 cm³/mol. The fourth-order valence-electron chi connectivity index (χ4n) is 8.08. The van der Waals surface area contributed by atoms with Crippen molar-refractivity contribution in [3.05, 3.63) is 97.2 Å². The number of hydrogen-bond donors (Lipinski definition) is 0. The first-order valence-electron chi connectivity index (χ1n) is 29.7. The van der Waals surface area contributed by atoms with E-state index in [2.05, 4.69) is 118 Å². The van der Waals surface area contributed by atoms with Crippen LogP contribution >= 0.6 is 0 Å². The standard InChI is InChI=1S/C65H110O6/c1-4-7-10-13-16-19-22-25-28-30-32-34-37-40-43-46-49-52-55-58-64(67)70-61-62(60-69-63(66)57-54-51-48-45-42-39-36-27-24-21-18-15-12-9-6-3)71-65(68)59-56-53-50-47-44-41-38-35-33-31-29-26-23-20-17-14-11-8-5-2/h7,10,16-17,19-20,25-29,32,34,36,40,43,62H,4-6,8-9,11-15,18,21-24,30-31,33,35,37-39,41-42,44-61H2,1-3H3/b10-7-,19-16-,20-17-,28-25-,29-26-,34-32-,36-27-,43-40-/t62-/m0/s1. The van der Waals surface area contributed by atoms with Gasteiger partial charge >= 0.3 is 17.9 Å². The molecule has 1 atom stereocenters. The summed E-state index contributed by atoms with van der Waals surface area (Å²) in [6.07, 6.45) is 78.2. The molecular weight excluding hydrogens is 877 g/mol. The van der Waals surface area contributed by atoms with Gasteiger partial charge in [-0.2, -0.15) is 0 Å². The van der Waals surface area contributed by atoms with Gasteiger partial charge in [0.1, 0.15) is 13.2 Å². The molecule has 0 radical (unpaired) electrons. The number of hydrogen-bond acceptors (Lipinski definition) is 6. The van der Waals surface area contributed by atoms with E-state index in [1.807, 2.05) is 0 Å². The van der Waals surface area contributed by atoms with Crippen LogP contribution < -0.4 is 0 Å². The van der Waals surface area contributed by atoms with Crippen molar-refractivity contribution in [2.75, 3.05) is 13.2 Å². The van der Waals surface area contributed by atoms with Crippen LogP contribution in [0.15, 0.2) is 97.2 Å². The Labute approximate surface area is 438 Å². The summed E-state index contributed by atoms with van der Waals surface area (Å²) in [5.41, 5.74) is 0. The molecule has 0 saturated carbocycles. The topological polar surface area (TPSA) is 78.9 Å². The zero-order valence-electron chi connectivity index (χ0n) is 46.5. The van der Waals surface area contributed by atoms with Crippen molar-refractivity contribution in [3.8, 4) is 0 Å². The lowest BCUT2D eigenvalue weighted by atomic mass is 10.1. The van der Waals surface area contributed by atoms with Crippen LogP contribution in [0.3, 0.4) is 0 Å². The van der Waals surface area contributed by atoms with Gasteiger partial charge in [-0.05, 0) is 122 Å². The van der Waals surface area contributed by atoms with Gasteiger partial charge in [-0.25, -0.2) is 0 Å². The SMILES string of the molecule is CC/C=C\C/C=C\C/C=C\C/C=C\C/C=C\CCCCCC(=O)OC[C@H](COC(=O)CCCCCCC/C=C\CCCCCCCC)OC(=O)CCCCCCCCCCC/C=C\C/C=C\CCCCC. The first-order valence-corrected chi connectivity index (χ1v) is 29.7. The Morgan fingerprint density at radius 2 is 0.549 bits per heavy atom. The first-order chi connectivity index (χ1) is 35.0. The van der Waals surface area contributed by atoms with Crippen LogP contribution in [0.25, 0.3) is 0 Å². The summed E-state index contributed by atoms with van der Waals surface area (Å²) in [5, 5.41) is 0. The molecule has 0 heterocycles. The first kappa shape index (κ1) is 67.3. The number of ether oxygens (including phenoxy) is 3. The van der Waals surface area contributed by atoms with Gasteiger partial charge in [-0.1, -0.05) is 234 Å². The lowest BCUT2D eigenvalue weighted by molar-refractivity contribution is -0.167. The normalized spacial score (nSPS) is 12.8. The Hall–Kier alpha value is -3.67. The molecule has 71 heavy (non-hydrogen) atoms. The molecule has 0 aromatic carbocycles. The molecule has 0 aromatic rings. The number of allylic oxidation sites excluding steroid dienone is 16. The number of rotatable bonds is 53. The van der Waals surface area contributed by atoms with Crippen LogP contribution in [0.4, 0.5) is 0 Å². The Bertz CT molecular complexity index is 1410. The summed E-state index contributed by atoms with van der Waals surface area (Å²) in [6, 6.07) is 0. The fraction of sp³-hybridized carbons (Fsp3) is 0.708. The third-order valence-electron chi connectivity index (χ3n) is 12.5. The lowest BCUT2D eigenvalue weighted by Gasteiger charge is -2.18.